The van der Waals surface area contributed by atoms with E-state index in [0.717, 1.165) is 5.56 Å². The van der Waals surface area contributed by atoms with Crippen LogP contribution < -0.4 is 20.1 Å². The Balaban J connectivity index is 1.69. The van der Waals surface area contributed by atoms with Crippen LogP contribution in [0.4, 0.5) is 16.3 Å². The molecule has 3 rings (SSSR count). The topological polar surface area (TPSA) is 106 Å². The van der Waals surface area contributed by atoms with Gasteiger partial charge in [0, 0.05) is 17.8 Å². The van der Waals surface area contributed by atoms with Crippen molar-refractivity contribution < 1.29 is 19.4 Å². The number of amides is 1. The fraction of sp³-hybridized carbons (Fsp3) is 0.190. The van der Waals surface area contributed by atoms with Gasteiger partial charge in [-0.1, -0.05) is 18.2 Å². The lowest BCUT2D eigenvalue weighted by molar-refractivity contribution is 0.215. The van der Waals surface area contributed by atoms with Crippen LogP contribution in [0.15, 0.2) is 60.8 Å². The molecule has 0 atom stereocenters. The number of aliphatic hydroxyl groups is 1. The van der Waals surface area contributed by atoms with Crippen LogP contribution in [-0.4, -0.2) is 40.9 Å². The number of aromatic nitrogens is 2. The normalized spacial score (nSPS) is 10.3. The number of carbonyl (C=O) groups is 1. The van der Waals surface area contributed by atoms with Gasteiger partial charge in [0.15, 0.2) is 17.4 Å². The number of aliphatic hydroxyl groups excluding tert-OH is 1. The SMILES string of the molecule is CCOc1cnc(-c2ccc(NC(=O)Oc3ccccc3)cc2)nc1NCCO. The molecular weight excluding hydrogens is 372 g/mol. The van der Waals surface area contributed by atoms with Crippen LogP contribution in [0.25, 0.3) is 11.4 Å². The van der Waals surface area contributed by atoms with Gasteiger partial charge in [-0.2, -0.15) is 0 Å². The first-order chi connectivity index (χ1) is 14.2. The number of para-hydroxylation sites is 1. The Labute approximate surface area is 168 Å². The molecular formula is C21H22N4O4. The molecule has 3 aromatic rings. The van der Waals surface area contributed by atoms with Crippen molar-refractivity contribution in [1.82, 2.24) is 9.97 Å². The monoisotopic (exact) mass is 394 g/mol. The fourth-order valence-electron chi connectivity index (χ4n) is 2.51. The van der Waals surface area contributed by atoms with Crippen LogP contribution in [0.1, 0.15) is 6.92 Å². The standard InChI is InChI=1S/C21H22N4O4/c1-2-28-18-14-23-19(25-20(18)22-12-13-26)15-8-10-16(11-9-15)24-21(27)29-17-6-4-3-5-7-17/h3-11,14,26H,2,12-13H2,1H3,(H,24,27)(H,22,23,25). The maximum atomic E-state index is 12.0. The van der Waals surface area contributed by atoms with Crippen molar-refractivity contribution in [3.8, 4) is 22.9 Å². The van der Waals surface area contributed by atoms with E-state index in [9.17, 15) is 4.79 Å². The third-order valence-electron chi connectivity index (χ3n) is 3.80. The van der Waals surface area contributed by atoms with E-state index < -0.39 is 6.09 Å². The Morgan fingerprint density at radius 3 is 2.55 bits per heavy atom. The van der Waals surface area contributed by atoms with Crippen molar-refractivity contribution in [2.75, 3.05) is 30.4 Å². The average Bonchev–Trinajstić information content (AvgIpc) is 2.74. The largest absolute Gasteiger partial charge is 0.488 e. The minimum Gasteiger partial charge on any atom is -0.488 e. The van der Waals surface area contributed by atoms with Gasteiger partial charge in [0.2, 0.25) is 0 Å². The van der Waals surface area contributed by atoms with Gasteiger partial charge in [0.25, 0.3) is 0 Å². The molecule has 29 heavy (non-hydrogen) atoms. The number of rotatable bonds is 8. The Morgan fingerprint density at radius 2 is 1.86 bits per heavy atom. The Bertz CT molecular complexity index is 933. The average molecular weight is 394 g/mol. The second-order valence-corrected chi connectivity index (χ2v) is 5.89. The summed E-state index contributed by atoms with van der Waals surface area (Å²) in [5.41, 5.74) is 1.35. The molecule has 0 bridgehead atoms. The molecule has 1 amide bonds. The van der Waals surface area contributed by atoms with Gasteiger partial charge in [-0.05, 0) is 43.3 Å². The summed E-state index contributed by atoms with van der Waals surface area (Å²) in [4.78, 5) is 20.8. The van der Waals surface area contributed by atoms with E-state index in [1.165, 1.54) is 0 Å². The van der Waals surface area contributed by atoms with Crippen molar-refractivity contribution >= 4 is 17.6 Å². The molecule has 0 fully saturated rings. The van der Waals surface area contributed by atoms with Crippen LogP contribution >= 0.6 is 0 Å². The van der Waals surface area contributed by atoms with E-state index in [2.05, 4.69) is 20.6 Å². The number of hydrogen-bond acceptors (Lipinski definition) is 7. The number of hydrogen-bond donors (Lipinski definition) is 3. The minimum absolute atomic E-state index is 0.0235. The Morgan fingerprint density at radius 1 is 1.10 bits per heavy atom. The van der Waals surface area contributed by atoms with Gasteiger partial charge < -0.3 is 19.9 Å². The first kappa shape index (κ1) is 20.1. The highest BCUT2D eigenvalue weighted by Gasteiger charge is 2.10. The Hall–Kier alpha value is -3.65. The molecule has 0 unspecified atom stereocenters. The van der Waals surface area contributed by atoms with Crippen LogP contribution in [-0.2, 0) is 0 Å². The molecule has 8 heteroatoms. The zero-order valence-corrected chi connectivity index (χ0v) is 16.0. The summed E-state index contributed by atoms with van der Waals surface area (Å²) in [6.45, 7) is 2.68. The van der Waals surface area contributed by atoms with Crippen molar-refractivity contribution in [1.29, 1.82) is 0 Å². The van der Waals surface area contributed by atoms with Gasteiger partial charge in [-0.25, -0.2) is 14.8 Å². The van der Waals surface area contributed by atoms with Gasteiger partial charge in [-0.15, -0.1) is 0 Å². The molecule has 3 N–H and O–H groups in total. The summed E-state index contributed by atoms with van der Waals surface area (Å²) in [6.07, 6.45) is 1.02. The molecule has 1 heterocycles. The first-order valence-corrected chi connectivity index (χ1v) is 9.18. The lowest BCUT2D eigenvalue weighted by Gasteiger charge is -2.12. The summed E-state index contributed by atoms with van der Waals surface area (Å²) >= 11 is 0. The van der Waals surface area contributed by atoms with E-state index in [-0.39, 0.29) is 6.61 Å². The highest BCUT2D eigenvalue weighted by Crippen LogP contribution is 2.25. The maximum absolute atomic E-state index is 12.0. The van der Waals surface area contributed by atoms with Gasteiger partial charge in [-0.3, -0.25) is 5.32 Å². The third-order valence-corrected chi connectivity index (χ3v) is 3.80. The second-order valence-electron chi connectivity index (χ2n) is 5.89. The van der Waals surface area contributed by atoms with E-state index in [4.69, 9.17) is 14.6 Å². The van der Waals surface area contributed by atoms with E-state index >= 15 is 0 Å². The lowest BCUT2D eigenvalue weighted by Crippen LogP contribution is -2.16. The summed E-state index contributed by atoms with van der Waals surface area (Å²) in [5.74, 6) is 1.99. The molecule has 1 aromatic heterocycles. The van der Waals surface area contributed by atoms with E-state index in [1.807, 2.05) is 13.0 Å². The van der Waals surface area contributed by atoms with Crippen molar-refractivity contribution in [3.05, 3.63) is 60.8 Å². The maximum Gasteiger partial charge on any atom is 0.417 e. The molecule has 0 aliphatic heterocycles. The summed E-state index contributed by atoms with van der Waals surface area (Å²) in [6, 6.07) is 15.9. The molecule has 0 aliphatic carbocycles. The van der Waals surface area contributed by atoms with Crippen molar-refractivity contribution in [2.24, 2.45) is 0 Å². The van der Waals surface area contributed by atoms with Gasteiger partial charge in [0.05, 0.1) is 19.4 Å². The van der Waals surface area contributed by atoms with Crippen LogP contribution in [0.2, 0.25) is 0 Å². The van der Waals surface area contributed by atoms with Gasteiger partial charge >= 0.3 is 6.09 Å². The van der Waals surface area contributed by atoms with E-state index in [0.29, 0.717) is 42.0 Å². The van der Waals surface area contributed by atoms with Crippen LogP contribution in [0.3, 0.4) is 0 Å². The zero-order chi connectivity index (χ0) is 20.5. The number of carbonyl (C=O) groups excluding carboxylic acids is 1. The number of ether oxygens (including phenoxy) is 2. The minimum atomic E-state index is -0.572. The fourth-order valence-corrected chi connectivity index (χ4v) is 2.51. The molecule has 0 radical (unpaired) electrons. The lowest BCUT2D eigenvalue weighted by atomic mass is 10.2. The smallest absolute Gasteiger partial charge is 0.417 e. The Kier molecular flexibility index (Phi) is 6.96. The molecule has 2 aromatic carbocycles. The molecule has 150 valence electrons. The highest BCUT2D eigenvalue weighted by atomic mass is 16.6. The van der Waals surface area contributed by atoms with E-state index in [1.54, 1.807) is 54.7 Å². The van der Waals surface area contributed by atoms with Crippen molar-refractivity contribution in [2.45, 2.75) is 6.92 Å². The van der Waals surface area contributed by atoms with Crippen LogP contribution in [0.5, 0.6) is 11.5 Å². The predicted octanol–water partition coefficient (Wildman–Crippen LogP) is 3.56. The molecule has 0 saturated heterocycles. The van der Waals surface area contributed by atoms with Gasteiger partial charge in [0.1, 0.15) is 5.75 Å². The third kappa shape index (κ3) is 5.66. The number of anilines is 2. The highest BCUT2D eigenvalue weighted by molar-refractivity contribution is 5.86. The van der Waals surface area contributed by atoms with Crippen LogP contribution in [0, 0.1) is 0 Å². The zero-order valence-electron chi connectivity index (χ0n) is 16.0. The molecule has 8 nitrogen and oxygen atoms in total. The summed E-state index contributed by atoms with van der Waals surface area (Å²) in [7, 11) is 0. The first-order valence-electron chi connectivity index (χ1n) is 9.18. The quantitative estimate of drug-likeness (QED) is 0.536. The molecule has 0 spiro atoms. The number of nitrogens with zero attached hydrogens (tertiary/aromatic N) is 2. The summed E-state index contributed by atoms with van der Waals surface area (Å²) in [5, 5.41) is 14.7. The number of nitrogens with one attached hydrogen (secondary N) is 2. The number of benzene rings is 2. The predicted molar refractivity (Wildman–Crippen MR) is 110 cm³/mol. The second kappa shape index (κ2) is 10.0. The molecule has 0 saturated carbocycles. The van der Waals surface area contributed by atoms with Crippen molar-refractivity contribution in [3.63, 3.8) is 0 Å². The molecule has 0 aliphatic rings. The summed E-state index contributed by atoms with van der Waals surface area (Å²) < 4.78 is 10.7.